The van der Waals surface area contributed by atoms with Gasteiger partial charge in [-0.15, -0.1) is 0 Å². The number of aromatic nitrogens is 1. The van der Waals surface area contributed by atoms with Crippen LogP contribution in [0.5, 0.6) is 0 Å². The van der Waals surface area contributed by atoms with Crippen molar-refractivity contribution in [3.63, 3.8) is 0 Å². The minimum Gasteiger partial charge on any atom is -0.364 e. The van der Waals surface area contributed by atoms with Gasteiger partial charge in [0.1, 0.15) is 0 Å². The molecule has 0 amide bonds. The summed E-state index contributed by atoms with van der Waals surface area (Å²) < 4.78 is 0. The third-order valence-corrected chi connectivity index (χ3v) is 3.83. The number of nitrogens with one attached hydrogen (secondary N) is 1. The lowest BCUT2D eigenvalue weighted by molar-refractivity contribution is 0.144. The van der Waals surface area contributed by atoms with E-state index in [2.05, 4.69) is 36.0 Å². The summed E-state index contributed by atoms with van der Waals surface area (Å²) in [6.45, 7) is 2.29. The molecule has 1 unspecified atom stereocenters. The Morgan fingerprint density at radius 2 is 2.07 bits per heavy atom. The van der Waals surface area contributed by atoms with Crippen molar-refractivity contribution in [2.24, 2.45) is 0 Å². The zero-order chi connectivity index (χ0) is 10.7. The first-order chi connectivity index (χ1) is 7.29. The van der Waals surface area contributed by atoms with Gasteiger partial charge in [0.05, 0.1) is 0 Å². The molecule has 1 aliphatic rings. The highest BCUT2D eigenvalue weighted by Crippen LogP contribution is 2.27. The molecule has 0 radical (unpaired) electrons. The molecule has 1 aromatic heterocycles. The molecule has 0 aromatic carbocycles. The summed E-state index contributed by atoms with van der Waals surface area (Å²) in [6.07, 6.45) is 9.02. The Morgan fingerprint density at radius 3 is 2.67 bits per heavy atom. The zero-order valence-corrected chi connectivity index (χ0v) is 9.87. The van der Waals surface area contributed by atoms with E-state index in [0.717, 1.165) is 6.04 Å². The smallest absolute Gasteiger partial charge is 0.0470 e. The maximum atomic E-state index is 3.32. The Kier molecular flexibility index (Phi) is 3.47. The van der Waals surface area contributed by atoms with Crippen LogP contribution in [-0.4, -0.2) is 23.0 Å². The molecule has 1 aromatic rings. The second-order valence-electron chi connectivity index (χ2n) is 4.76. The molecular weight excluding hydrogens is 184 g/mol. The van der Waals surface area contributed by atoms with Gasteiger partial charge in [-0.25, -0.2) is 0 Å². The summed E-state index contributed by atoms with van der Waals surface area (Å²) in [5.74, 6) is 0. The van der Waals surface area contributed by atoms with Crippen LogP contribution in [0.3, 0.4) is 0 Å². The van der Waals surface area contributed by atoms with E-state index in [9.17, 15) is 0 Å². The van der Waals surface area contributed by atoms with E-state index >= 15 is 0 Å². The maximum Gasteiger partial charge on any atom is 0.0470 e. The van der Waals surface area contributed by atoms with Crippen molar-refractivity contribution in [2.75, 3.05) is 7.05 Å². The molecular formula is C13H22N2. The van der Waals surface area contributed by atoms with Crippen molar-refractivity contribution in [3.8, 4) is 0 Å². The first kappa shape index (κ1) is 10.7. The summed E-state index contributed by atoms with van der Waals surface area (Å²) in [5.41, 5.74) is 1.34. The van der Waals surface area contributed by atoms with Crippen LogP contribution in [0.4, 0.5) is 0 Å². The lowest BCUT2D eigenvalue weighted by Crippen LogP contribution is -2.35. The quantitative estimate of drug-likeness (QED) is 0.803. The minimum atomic E-state index is 0.517. The summed E-state index contributed by atoms with van der Waals surface area (Å²) in [6, 6.07) is 5.57. The van der Waals surface area contributed by atoms with Crippen LogP contribution in [0, 0.1) is 0 Å². The SMILES string of the molecule is CC(c1ccc[nH]1)N(C)C1CCCCC1. The predicted octanol–water partition coefficient (Wildman–Crippen LogP) is 3.34. The van der Waals surface area contributed by atoms with E-state index in [1.54, 1.807) is 0 Å². The highest BCUT2D eigenvalue weighted by atomic mass is 15.2. The molecule has 15 heavy (non-hydrogen) atoms. The summed E-state index contributed by atoms with van der Waals surface area (Å²) >= 11 is 0. The minimum absolute atomic E-state index is 0.517. The van der Waals surface area contributed by atoms with Crippen LogP contribution in [0.2, 0.25) is 0 Å². The van der Waals surface area contributed by atoms with Gasteiger partial charge in [-0.1, -0.05) is 19.3 Å². The Balaban J connectivity index is 1.97. The Morgan fingerprint density at radius 1 is 1.33 bits per heavy atom. The van der Waals surface area contributed by atoms with Gasteiger partial charge in [0.2, 0.25) is 0 Å². The Hall–Kier alpha value is -0.760. The van der Waals surface area contributed by atoms with Crippen LogP contribution in [0.25, 0.3) is 0 Å². The van der Waals surface area contributed by atoms with Crippen LogP contribution in [0.1, 0.15) is 50.8 Å². The van der Waals surface area contributed by atoms with Gasteiger partial charge in [0.15, 0.2) is 0 Å². The standard InChI is InChI=1S/C13H22N2/c1-11(13-9-6-10-14-13)15(2)12-7-4-3-5-8-12/h6,9-12,14H,3-5,7-8H2,1-2H3. The molecule has 1 fully saturated rings. The maximum absolute atomic E-state index is 3.32. The van der Waals surface area contributed by atoms with Crippen molar-refractivity contribution in [1.29, 1.82) is 0 Å². The number of H-pyrrole nitrogens is 1. The van der Waals surface area contributed by atoms with Gasteiger partial charge in [-0.3, -0.25) is 4.90 Å². The van der Waals surface area contributed by atoms with Gasteiger partial charge in [-0.2, -0.15) is 0 Å². The van der Waals surface area contributed by atoms with Crippen molar-refractivity contribution < 1.29 is 0 Å². The second-order valence-corrected chi connectivity index (χ2v) is 4.76. The molecule has 2 heteroatoms. The predicted molar refractivity (Wildman–Crippen MR) is 63.8 cm³/mol. The molecule has 0 aliphatic heterocycles. The highest BCUT2D eigenvalue weighted by molar-refractivity contribution is 5.08. The van der Waals surface area contributed by atoms with Gasteiger partial charge in [0.25, 0.3) is 0 Å². The van der Waals surface area contributed by atoms with E-state index in [4.69, 9.17) is 0 Å². The van der Waals surface area contributed by atoms with Crippen LogP contribution >= 0.6 is 0 Å². The van der Waals surface area contributed by atoms with Crippen molar-refractivity contribution >= 4 is 0 Å². The van der Waals surface area contributed by atoms with Crippen molar-refractivity contribution in [3.05, 3.63) is 24.0 Å². The molecule has 2 nitrogen and oxygen atoms in total. The molecule has 2 rings (SSSR count). The molecule has 1 N–H and O–H groups in total. The number of nitrogens with zero attached hydrogens (tertiary/aromatic N) is 1. The third kappa shape index (κ3) is 2.43. The molecule has 0 saturated heterocycles. The molecule has 84 valence electrons. The van der Waals surface area contributed by atoms with Gasteiger partial charge in [-0.05, 0) is 38.9 Å². The van der Waals surface area contributed by atoms with Gasteiger partial charge >= 0.3 is 0 Å². The molecule has 1 aliphatic carbocycles. The summed E-state index contributed by atoms with van der Waals surface area (Å²) in [4.78, 5) is 5.85. The lowest BCUT2D eigenvalue weighted by Gasteiger charge is -2.35. The first-order valence-corrected chi connectivity index (χ1v) is 6.14. The van der Waals surface area contributed by atoms with E-state index < -0.39 is 0 Å². The zero-order valence-electron chi connectivity index (χ0n) is 9.87. The monoisotopic (exact) mass is 206 g/mol. The van der Waals surface area contributed by atoms with Crippen molar-refractivity contribution in [2.45, 2.75) is 51.1 Å². The van der Waals surface area contributed by atoms with Gasteiger partial charge < -0.3 is 4.98 Å². The largest absolute Gasteiger partial charge is 0.364 e. The topological polar surface area (TPSA) is 19.0 Å². The second kappa shape index (κ2) is 4.84. The molecule has 0 bridgehead atoms. The fourth-order valence-corrected chi connectivity index (χ4v) is 2.63. The Bertz CT molecular complexity index is 273. The molecule has 1 atom stereocenters. The fourth-order valence-electron chi connectivity index (χ4n) is 2.63. The van der Waals surface area contributed by atoms with Crippen molar-refractivity contribution in [1.82, 2.24) is 9.88 Å². The van der Waals surface area contributed by atoms with Gasteiger partial charge in [0, 0.05) is 24.0 Å². The fraction of sp³-hybridized carbons (Fsp3) is 0.692. The summed E-state index contributed by atoms with van der Waals surface area (Å²) in [5, 5.41) is 0. The number of hydrogen-bond acceptors (Lipinski definition) is 1. The number of aromatic amines is 1. The molecule has 0 spiro atoms. The van der Waals surface area contributed by atoms with E-state index in [1.165, 1.54) is 37.8 Å². The van der Waals surface area contributed by atoms with E-state index in [1.807, 2.05) is 6.20 Å². The van der Waals surface area contributed by atoms with Crippen LogP contribution < -0.4 is 0 Å². The van der Waals surface area contributed by atoms with E-state index in [-0.39, 0.29) is 0 Å². The average Bonchev–Trinajstić information content (AvgIpc) is 2.82. The summed E-state index contributed by atoms with van der Waals surface area (Å²) in [7, 11) is 2.27. The molecule has 1 saturated carbocycles. The third-order valence-electron chi connectivity index (χ3n) is 3.83. The van der Waals surface area contributed by atoms with Crippen LogP contribution in [-0.2, 0) is 0 Å². The lowest BCUT2D eigenvalue weighted by atomic mass is 9.93. The first-order valence-electron chi connectivity index (χ1n) is 6.14. The molecule has 1 heterocycles. The highest BCUT2D eigenvalue weighted by Gasteiger charge is 2.22. The Labute approximate surface area is 92.7 Å². The van der Waals surface area contributed by atoms with E-state index in [0.29, 0.717) is 6.04 Å². The van der Waals surface area contributed by atoms with Crippen LogP contribution in [0.15, 0.2) is 18.3 Å². The normalized spacial score (nSPS) is 20.7. The number of rotatable bonds is 3. The average molecular weight is 206 g/mol. The number of hydrogen-bond donors (Lipinski definition) is 1.